The number of nitrogens with one attached hydrogen (secondary N) is 1. The number of rotatable bonds is 5. The van der Waals surface area contributed by atoms with Gasteiger partial charge in [-0.3, -0.25) is 4.79 Å². The van der Waals surface area contributed by atoms with Crippen molar-refractivity contribution in [1.82, 2.24) is 5.32 Å². The predicted molar refractivity (Wildman–Crippen MR) is 71.9 cm³/mol. The minimum absolute atomic E-state index is 0.119. The average Bonchev–Trinajstić information content (AvgIpc) is 2.35. The molecule has 0 saturated carbocycles. The first-order valence-electron chi connectivity index (χ1n) is 5.76. The summed E-state index contributed by atoms with van der Waals surface area (Å²) in [6.45, 7) is 3.83. The fourth-order valence-corrected chi connectivity index (χ4v) is 1.43. The van der Waals surface area contributed by atoms with Crippen LogP contribution in [0.5, 0.6) is 11.5 Å². The molecule has 0 aliphatic carbocycles. The molecule has 0 aromatic heterocycles. The van der Waals surface area contributed by atoms with Crippen LogP contribution >= 0.6 is 0 Å². The Morgan fingerprint density at radius 2 is 1.72 bits per heavy atom. The van der Waals surface area contributed by atoms with Gasteiger partial charge in [0.2, 0.25) is 5.91 Å². The summed E-state index contributed by atoms with van der Waals surface area (Å²) in [4.78, 5) is 11.5. The van der Waals surface area contributed by atoms with Crippen LogP contribution in [0.15, 0.2) is 24.3 Å². The fraction of sp³-hybridized carbons (Fsp3) is 0.357. The molecule has 18 heavy (non-hydrogen) atoms. The maximum absolute atomic E-state index is 11.5. The highest BCUT2D eigenvalue weighted by molar-refractivity contribution is 5.91. The van der Waals surface area contributed by atoms with Gasteiger partial charge < -0.3 is 14.8 Å². The summed E-state index contributed by atoms with van der Waals surface area (Å²) in [5, 5.41) is 2.78. The van der Waals surface area contributed by atoms with Crippen molar-refractivity contribution in [2.45, 2.75) is 19.9 Å². The Balaban J connectivity index is 2.83. The van der Waals surface area contributed by atoms with E-state index in [9.17, 15) is 4.79 Å². The predicted octanol–water partition coefficient (Wildman–Crippen LogP) is 2.24. The molecule has 0 saturated heterocycles. The Morgan fingerprint density at radius 1 is 1.17 bits per heavy atom. The van der Waals surface area contributed by atoms with Gasteiger partial charge in [-0.1, -0.05) is 0 Å². The molecule has 0 radical (unpaired) electrons. The Bertz CT molecular complexity index is 416. The smallest absolute Gasteiger partial charge is 0.244 e. The molecule has 98 valence electrons. The van der Waals surface area contributed by atoms with Gasteiger partial charge in [0.15, 0.2) is 0 Å². The summed E-state index contributed by atoms with van der Waals surface area (Å²) in [6, 6.07) is 5.58. The van der Waals surface area contributed by atoms with Crippen LogP contribution in [0.1, 0.15) is 19.4 Å². The maximum Gasteiger partial charge on any atom is 0.244 e. The molecular formula is C14H19NO3. The molecule has 0 heterocycles. The summed E-state index contributed by atoms with van der Waals surface area (Å²) >= 11 is 0. The van der Waals surface area contributed by atoms with Crippen LogP contribution in [0.25, 0.3) is 6.08 Å². The van der Waals surface area contributed by atoms with E-state index in [-0.39, 0.29) is 11.9 Å². The highest BCUT2D eigenvalue weighted by atomic mass is 16.5. The van der Waals surface area contributed by atoms with Gasteiger partial charge in [-0.05, 0) is 37.6 Å². The summed E-state index contributed by atoms with van der Waals surface area (Å²) in [6.07, 6.45) is 3.22. The fourth-order valence-electron chi connectivity index (χ4n) is 1.43. The van der Waals surface area contributed by atoms with E-state index >= 15 is 0 Å². The second-order valence-electron chi connectivity index (χ2n) is 4.14. The van der Waals surface area contributed by atoms with Crippen molar-refractivity contribution in [3.8, 4) is 11.5 Å². The number of hydrogen-bond donors (Lipinski definition) is 1. The number of carbonyl (C=O) groups excluding carboxylic acids is 1. The van der Waals surface area contributed by atoms with E-state index in [1.165, 1.54) is 6.08 Å². The Kier molecular flexibility index (Phi) is 5.24. The first kappa shape index (κ1) is 14.1. The van der Waals surface area contributed by atoms with Crippen LogP contribution in [-0.2, 0) is 4.79 Å². The third-order valence-corrected chi connectivity index (χ3v) is 2.23. The minimum atomic E-state index is -0.119. The Hall–Kier alpha value is -1.97. The molecule has 1 rings (SSSR count). The maximum atomic E-state index is 11.5. The van der Waals surface area contributed by atoms with E-state index in [0.717, 1.165) is 5.56 Å². The van der Waals surface area contributed by atoms with Crippen LogP contribution in [0.2, 0.25) is 0 Å². The molecule has 0 aliphatic rings. The first-order valence-corrected chi connectivity index (χ1v) is 5.76. The van der Waals surface area contributed by atoms with Crippen LogP contribution in [-0.4, -0.2) is 26.2 Å². The van der Waals surface area contributed by atoms with Crippen LogP contribution in [0.3, 0.4) is 0 Å². The van der Waals surface area contributed by atoms with Crippen molar-refractivity contribution in [3.05, 3.63) is 29.8 Å². The number of ether oxygens (including phenoxy) is 2. The third-order valence-electron chi connectivity index (χ3n) is 2.23. The lowest BCUT2D eigenvalue weighted by Crippen LogP contribution is -2.28. The Labute approximate surface area is 108 Å². The second-order valence-corrected chi connectivity index (χ2v) is 4.14. The molecule has 1 N–H and O–H groups in total. The van der Waals surface area contributed by atoms with E-state index < -0.39 is 0 Å². The van der Waals surface area contributed by atoms with Crippen molar-refractivity contribution < 1.29 is 14.3 Å². The van der Waals surface area contributed by atoms with Gasteiger partial charge in [-0.15, -0.1) is 0 Å². The summed E-state index contributed by atoms with van der Waals surface area (Å²) in [7, 11) is 3.18. The van der Waals surface area contributed by atoms with Crippen molar-refractivity contribution in [1.29, 1.82) is 0 Å². The monoisotopic (exact) mass is 249 g/mol. The molecule has 0 unspecified atom stereocenters. The van der Waals surface area contributed by atoms with E-state index in [0.29, 0.717) is 11.5 Å². The summed E-state index contributed by atoms with van der Waals surface area (Å²) < 4.78 is 10.3. The molecule has 1 amide bonds. The zero-order valence-electron chi connectivity index (χ0n) is 11.2. The van der Waals surface area contributed by atoms with Crippen molar-refractivity contribution in [2.24, 2.45) is 0 Å². The zero-order valence-corrected chi connectivity index (χ0v) is 11.2. The van der Waals surface area contributed by atoms with Gasteiger partial charge in [-0.2, -0.15) is 0 Å². The molecule has 0 atom stereocenters. The SMILES string of the molecule is COc1cc(/C=C/C(=O)NC(C)C)cc(OC)c1. The standard InChI is InChI=1S/C14H19NO3/c1-10(2)15-14(16)6-5-11-7-12(17-3)9-13(8-11)18-4/h5-10H,1-4H3,(H,15,16)/b6-5+. The van der Waals surface area contributed by atoms with Gasteiger partial charge in [0.25, 0.3) is 0 Å². The lowest BCUT2D eigenvalue weighted by atomic mass is 10.2. The third kappa shape index (κ3) is 4.49. The van der Waals surface area contributed by atoms with Gasteiger partial charge in [-0.25, -0.2) is 0 Å². The molecule has 1 aromatic rings. The van der Waals surface area contributed by atoms with Crippen molar-refractivity contribution >= 4 is 12.0 Å². The highest BCUT2D eigenvalue weighted by Gasteiger charge is 2.01. The van der Waals surface area contributed by atoms with E-state index in [4.69, 9.17) is 9.47 Å². The van der Waals surface area contributed by atoms with Crippen LogP contribution < -0.4 is 14.8 Å². The van der Waals surface area contributed by atoms with Crippen molar-refractivity contribution in [3.63, 3.8) is 0 Å². The van der Waals surface area contributed by atoms with Gasteiger partial charge in [0, 0.05) is 18.2 Å². The quantitative estimate of drug-likeness (QED) is 0.814. The molecule has 0 spiro atoms. The van der Waals surface area contributed by atoms with Gasteiger partial charge in [0.1, 0.15) is 11.5 Å². The number of amides is 1. The van der Waals surface area contributed by atoms with Gasteiger partial charge >= 0.3 is 0 Å². The average molecular weight is 249 g/mol. The topological polar surface area (TPSA) is 47.6 Å². The lowest BCUT2D eigenvalue weighted by molar-refractivity contribution is -0.116. The molecule has 4 nitrogen and oxygen atoms in total. The van der Waals surface area contributed by atoms with E-state index in [1.807, 2.05) is 26.0 Å². The molecule has 4 heteroatoms. The number of methoxy groups -OCH3 is 2. The highest BCUT2D eigenvalue weighted by Crippen LogP contribution is 2.23. The van der Waals surface area contributed by atoms with Crippen molar-refractivity contribution in [2.75, 3.05) is 14.2 Å². The summed E-state index contributed by atoms with van der Waals surface area (Å²) in [5.74, 6) is 1.27. The molecule has 0 bridgehead atoms. The lowest BCUT2D eigenvalue weighted by Gasteiger charge is -2.06. The zero-order chi connectivity index (χ0) is 13.5. The molecule has 1 aromatic carbocycles. The number of benzene rings is 1. The molecule has 0 fully saturated rings. The van der Waals surface area contributed by atoms with E-state index in [1.54, 1.807) is 26.4 Å². The second kappa shape index (κ2) is 6.69. The van der Waals surface area contributed by atoms with Gasteiger partial charge in [0.05, 0.1) is 14.2 Å². The summed E-state index contributed by atoms with van der Waals surface area (Å²) in [5.41, 5.74) is 0.852. The Morgan fingerprint density at radius 3 is 2.17 bits per heavy atom. The number of hydrogen-bond acceptors (Lipinski definition) is 3. The minimum Gasteiger partial charge on any atom is -0.497 e. The number of carbonyl (C=O) groups is 1. The normalized spacial score (nSPS) is 10.7. The largest absolute Gasteiger partial charge is 0.497 e. The van der Waals surface area contributed by atoms with E-state index in [2.05, 4.69) is 5.32 Å². The van der Waals surface area contributed by atoms with Crippen LogP contribution in [0, 0.1) is 0 Å². The van der Waals surface area contributed by atoms with Crippen LogP contribution in [0.4, 0.5) is 0 Å². The first-order chi connectivity index (χ1) is 8.55. The molecular weight excluding hydrogens is 230 g/mol. The molecule has 0 aliphatic heterocycles.